The van der Waals surface area contributed by atoms with E-state index in [1.54, 1.807) is 4.68 Å². The van der Waals surface area contributed by atoms with E-state index in [0.29, 0.717) is 17.9 Å². The molecule has 1 aliphatic carbocycles. The van der Waals surface area contributed by atoms with Gasteiger partial charge in [-0.3, -0.25) is 4.98 Å². The maximum Gasteiger partial charge on any atom is 0.221 e. The summed E-state index contributed by atoms with van der Waals surface area (Å²) >= 11 is 0. The number of nitrogens with two attached hydrogens (primary N) is 1. The largest absolute Gasteiger partial charge is 0.368 e. The number of allylic oxidation sites excluding steroid dienone is 1. The summed E-state index contributed by atoms with van der Waals surface area (Å²) in [6.45, 7) is 2.64. The zero-order valence-electron chi connectivity index (χ0n) is 16.7. The summed E-state index contributed by atoms with van der Waals surface area (Å²) in [6, 6.07) is 14.3. The maximum atomic E-state index is 6.01. The highest BCUT2D eigenvalue weighted by Gasteiger charge is 2.13. The van der Waals surface area contributed by atoms with E-state index >= 15 is 0 Å². The van der Waals surface area contributed by atoms with Gasteiger partial charge < -0.3 is 5.73 Å². The molecule has 0 radical (unpaired) electrons. The summed E-state index contributed by atoms with van der Waals surface area (Å²) < 4.78 is 1.76. The number of hydrogen-bond acceptors (Lipinski definition) is 6. The molecule has 1 aromatic carbocycles. The Bertz CT molecular complexity index is 1260. The fourth-order valence-electron chi connectivity index (χ4n) is 3.64. The standard InChI is InChI=1S/C23H21N7/c1-2-18-7-4-8-19(25-18)13-30-14-22(28-29-30)21-12-20(26-23(24)27-21)17-10-9-15-5-3-6-16(15)11-17/h3-5,7-12,14H,2,6,13H2,1H3,(H2,24,26,27). The molecule has 148 valence electrons. The fraction of sp³-hybridized carbons (Fsp3) is 0.174. The number of pyridine rings is 1. The van der Waals surface area contributed by atoms with E-state index in [0.717, 1.165) is 35.5 Å². The minimum atomic E-state index is 0.216. The first kappa shape index (κ1) is 18.2. The van der Waals surface area contributed by atoms with Crippen LogP contribution in [0.15, 0.2) is 54.7 Å². The van der Waals surface area contributed by atoms with Gasteiger partial charge in [0.25, 0.3) is 0 Å². The average molecular weight is 395 g/mol. The molecule has 5 rings (SSSR count). The number of anilines is 1. The second-order valence-corrected chi connectivity index (χ2v) is 7.29. The van der Waals surface area contributed by atoms with Crippen LogP contribution in [0.1, 0.15) is 29.4 Å². The van der Waals surface area contributed by atoms with E-state index < -0.39 is 0 Å². The molecule has 0 aliphatic heterocycles. The molecule has 0 spiro atoms. The number of benzene rings is 1. The van der Waals surface area contributed by atoms with Crippen LogP contribution < -0.4 is 5.73 Å². The van der Waals surface area contributed by atoms with Crippen LogP contribution in [-0.4, -0.2) is 29.9 Å². The third-order valence-electron chi connectivity index (χ3n) is 5.17. The second-order valence-electron chi connectivity index (χ2n) is 7.29. The lowest BCUT2D eigenvalue weighted by Crippen LogP contribution is -2.03. The lowest BCUT2D eigenvalue weighted by molar-refractivity contribution is 0.636. The molecule has 30 heavy (non-hydrogen) atoms. The van der Waals surface area contributed by atoms with Gasteiger partial charge in [0.15, 0.2) is 0 Å². The molecule has 3 aromatic heterocycles. The van der Waals surface area contributed by atoms with Crippen molar-refractivity contribution in [3.63, 3.8) is 0 Å². The molecule has 0 fully saturated rings. The van der Waals surface area contributed by atoms with E-state index in [-0.39, 0.29) is 5.95 Å². The van der Waals surface area contributed by atoms with E-state index in [1.807, 2.05) is 30.5 Å². The molecule has 7 nitrogen and oxygen atoms in total. The summed E-state index contributed by atoms with van der Waals surface area (Å²) in [5.74, 6) is 0.216. The van der Waals surface area contributed by atoms with E-state index in [9.17, 15) is 0 Å². The van der Waals surface area contributed by atoms with Gasteiger partial charge in [0, 0.05) is 11.3 Å². The molecular formula is C23H21N7. The Morgan fingerprint density at radius 1 is 0.967 bits per heavy atom. The highest BCUT2D eigenvalue weighted by Crippen LogP contribution is 2.28. The third kappa shape index (κ3) is 3.57. The van der Waals surface area contributed by atoms with Gasteiger partial charge in [-0.2, -0.15) is 0 Å². The molecule has 0 atom stereocenters. The normalized spacial score (nSPS) is 12.3. The number of aryl methyl sites for hydroxylation is 1. The van der Waals surface area contributed by atoms with Crippen molar-refractivity contribution in [2.75, 3.05) is 5.73 Å². The van der Waals surface area contributed by atoms with Crippen LogP contribution in [0, 0.1) is 0 Å². The van der Waals surface area contributed by atoms with Crippen LogP contribution in [0.2, 0.25) is 0 Å². The van der Waals surface area contributed by atoms with Gasteiger partial charge >= 0.3 is 0 Å². The minimum absolute atomic E-state index is 0.216. The molecule has 0 amide bonds. The molecule has 0 bridgehead atoms. The zero-order chi connectivity index (χ0) is 20.5. The van der Waals surface area contributed by atoms with Crippen molar-refractivity contribution >= 4 is 12.0 Å². The summed E-state index contributed by atoms with van der Waals surface area (Å²) in [6.07, 6.45) is 8.01. The van der Waals surface area contributed by atoms with Crippen molar-refractivity contribution < 1.29 is 0 Å². The van der Waals surface area contributed by atoms with Crippen LogP contribution in [0.25, 0.3) is 28.7 Å². The van der Waals surface area contributed by atoms with E-state index in [2.05, 4.69) is 62.5 Å². The van der Waals surface area contributed by atoms with Crippen molar-refractivity contribution in [2.45, 2.75) is 26.3 Å². The number of rotatable bonds is 5. The van der Waals surface area contributed by atoms with Crippen molar-refractivity contribution in [2.24, 2.45) is 0 Å². The van der Waals surface area contributed by atoms with Crippen LogP contribution in [0.3, 0.4) is 0 Å². The van der Waals surface area contributed by atoms with Crippen molar-refractivity contribution in [3.05, 3.63) is 77.3 Å². The van der Waals surface area contributed by atoms with E-state index in [4.69, 9.17) is 5.73 Å². The monoisotopic (exact) mass is 395 g/mol. The van der Waals surface area contributed by atoms with Crippen molar-refractivity contribution in [3.8, 4) is 22.6 Å². The Kier molecular flexibility index (Phi) is 4.55. The second kappa shape index (κ2) is 7.51. The maximum absolute atomic E-state index is 6.01. The minimum Gasteiger partial charge on any atom is -0.368 e. The summed E-state index contributed by atoms with van der Waals surface area (Å²) in [4.78, 5) is 13.4. The highest BCUT2D eigenvalue weighted by atomic mass is 15.4. The first-order chi connectivity index (χ1) is 14.7. The predicted octanol–water partition coefficient (Wildman–Crippen LogP) is 3.56. The number of nitrogen functional groups attached to an aromatic ring is 1. The van der Waals surface area contributed by atoms with Crippen LogP contribution >= 0.6 is 0 Å². The third-order valence-corrected chi connectivity index (χ3v) is 5.17. The van der Waals surface area contributed by atoms with Crippen LogP contribution in [0.5, 0.6) is 0 Å². The van der Waals surface area contributed by atoms with Gasteiger partial charge in [-0.1, -0.05) is 42.5 Å². The summed E-state index contributed by atoms with van der Waals surface area (Å²) in [5.41, 5.74) is 13.7. The topological polar surface area (TPSA) is 95.4 Å². The number of fused-ring (bicyclic) bond motifs is 1. The van der Waals surface area contributed by atoms with Crippen LogP contribution in [-0.2, 0) is 19.4 Å². The quantitative estimate of drug-likeness (QED) is 0.555. The SMILES string of the molecule is CCc1cccc(Cn2cc(-c3cc(-c4ccc5c(c4)CC=C5)nc(N)n3)nn2)n1. The van der Waals surface area contributed by atoms with Gasteiger partial charge in [0.2, 0.25) is 5.95 Å². The number of nitrogens with zero attached hydrogens (tertiary/aromatic N) is 6. The lowest BCUT2D eigenvalue weighted by Gasteiger charge is -2.07. The Hall–Kier alpha value is -3.87. The van der Waals surface area contributed by atoms with E-state index in [1.165, 1.54) is 11.1 Å². The molecular weight excluding hydrogens is 374 g/mol. The zero-order valence-corrected chi connectivity index (χ0v) is 16.7. The first-order valence-electron chi connectivity index (χ1n) is 9.97. The van der Waals surface area contributed by atoms with Crippen molar-refractivity contribution in [1.29, 1.82) is 0 Å². The molecule has 3 heterocycles. The van der Waals surface area contributed by atoms with Gasteiger partial charge in [0.05, 0.1) is 29.8 Å². The molecule has 0 unspecified atom stereocenters. The Morgan fingerprint density at radius 3 is 2.73 bits per heavy atom. The summed E-state index contributed by atoms with van der Waals surface area (Å²) in [7, 11) is 0. The molecule has 7 heteroatoms. The number of hydrogen-bond donors (Lipinski definition) is 1. The molecule has 0 saturated carbocycles. The molecule has 1 aliphatic rings. The Labute approximate surface area is 174 Å². The van der Waals surface area contributed by atoms with Crippen molar-refractivity contribution in [1.82, 2.24) is 29.9 Å². The lowest BCUT2D eigenvalue weighted by atomic mass is 10.0. The van der Waals surface area contributed by atoms with Crippen LogP contribution in [0.4, 0.5) is 5.95 Å². The Balaban J connectivity index is 1.44. The molecule has 2 N–H and O–H groups in total. The average Bonchev–Trinajstić information content (AvgIpc) is 3.42. The number of aromatic nitrogens is 6. The molecule has 4 aromatic rings. The first-order valence-corrected chi connectivity index (χ1v) is 9.97. The van der Waals surface area contributed by atoms with Gasteiger partial charge in [0.1, 0.15) is 5.69 Å². The summed E-state index contributed by atoms with van der Waals surface area (Å²) in [5, 5.41) is 8.53. The van der Waals surface area contributed by atoms with Gasteiger partial charge in [-0.15, -0.1) is 5.10 Å². The fourth-order valence-corrected chi connectivity index (χ4v) is 3.64. The Morgan fingerprint density at radius 2 is 1.83 bits per heavy atom. The smallest absolute Gasteiger partial charge is 0.221 e. The highest BCUT2D eigenvalue weighted by molar-refractivity contribution is 5.71. The predicted molar refractivity (Wildman–Crippen MR) is 116 cm³/mol. The van der Waals surface area contributed by atoms with Gasteiger partial charge in [-0.25, -0.2) is 14.6 Å². The van der Waals surface area contributed by atoms with Gasteiger partial charge in [-0.05, 0) is 48.2 Å². The molecule has 0 saturated heterocycles.